The molecule has 1 atom stereocenters. The number of urea groups is 1. The van der Waals surface area contributed by atoms with E-state index in [0.29, 0.717) is 5.69 Å². The first-order valence-electron chi connectivity index (χ1n) is 6.38. The monoisotopic (exact) mass is 288 g/mol. The Kier molecular flexibility index (Phi) is 4.09. The van der Waals surface area contributed by atoms with E-state index in [-0.39, 0.29) is 6.54 Å². The predicted molar refractivity (Wildman–Crippen MR) is 79.2 cm³/mol. The Morgan fingerprint density at radius 2 is 1.81 bits per heavy atom. The van der Waals surface area contributed by atoms with Gasteiger partial charge < -0.3 is 20.8 Å². The zero-order chi connectivity index (χ0) is 15.5. The van der Waals surface area contributed by atoms with Gasteiger partial charge in [0, 0.05) is 5.39 Å². The average molecular weight is 288 g/mol. The van der Waals surface area contributed by atoms with Gasteiger partial charge in [0.05, 0.1) is 12.2 Å². The van der Waals surface area contributed by atoms with Crippen LogP contribution in [0.2, 0.25) is 0 Å². The van der Waals surface area contributed by atoms with E-state index in [4.69, 9.17) is 5.11 Å². The van der Waals surface area contributed by atoms with Crippen LogP contribution in [0.25, 0.3) is 10.8 Å². The van der Waals surface area contributed by atoms with Crippen molar-refractivity contribution in [1.29, 1.82) is 0 Å². The van der Waals surface area contributed by atoms with Crippen molar-refractivity contribution in [2.45, 2.75) is 12.5 Å². The number of rotatable bonds is 4. The molecule has 4 N–H and O–H groups in total. The third-order valence-electron chi connectivity index (χ3n) is 3.09. The molecule has 1 unspecified atom stereocenters. The zero-order valence-electron chi connectivity index (χ0n) is 11.5. The van der Waals surface area contributed by atoms with E-state index in [1.807, 2.05) is 36.4 Å². The Bertz CT molecular complexity index is 677. The summed E-state index contributed by atoms with van der Waals surface area (Å²) >= 11 is 0. The van der Waals surface area contributed by atoms with E-state index in [9.17, 15) is 14.7 Å². The summed E-state index contributed by atoms with van der Waals surface area (Å²) in [5, 5.41) is 25.1. The maximum Gasteiger partial charge on any atom is 0.337 e. The first-order valence-corrected chi connectivity index (χ1v) is 6.38. The molecule has 2 rings (SSSR count). The molecular weight excluding hydrogens is 272 g/mol. The summed E-state index contributed by atoms with van der Waals surface area (Å²) in [7, 11) is 0. The first kappa shape index (κ1) is 14.8. The molecule has 0 bridgehead atoms. The number of aliphatic hydroxyl groups is 1. The fourth-order valence-corrected chi connectivity index (χ4v) is 1.83. The highest BCUT2D eigenvalue weighted by Crippen LogP contribution is 2.22. The van der Waals surface area contributed by atoms with Crippen LogP contribution in [0.3, 0.4) is 0 Å². The van der Waals surface area contributed by atoms with E-state index in [0.717, 1.165) is 17.7 Å². The highest BCUT2D eigenvalue weighted by atomic mass is 16.4. The van der Waals surface area contributed by atoms with Crippen molar-refractivity contribution in [3.8, 4) is 0 Å². The van der Waals surface area contributed by atoms with Crippen LogP contribution < -0.4 is 10.6 Å². The SMILES string of the molecule is CC(O)(CNC(=O)Nc1cccc2ccccc12)C(=O)O. The van der Waals surface area contributed by atoms with Crippen LogP contribution in [-0.2, 0) is 4.79 Å². The number of aliphatic carboxylic acids is 1. The van der Waals surface area contributed by atoms with Crippen LogP contribution in [0, 0.1) is 0 Å². The Hall–Kier alpha value is -2.60. The largest absolute Gasteiger partial charge is 0.479 e. The molecule has 2 amide bonds. The number of anilines is 1. The molecule has 2 aromatic carbocycles. The Morgan fingerprint density at radius 3 is 2.52 bits per heavy atom. The molecule has 0 heterocycles. The third-order valence-corrected chi connectivity index (χ3v) is 3.09. The van der Waals surface area contributed by atoms with Crippen LogP contribution in [0.5, 0.6) is 0 Å². The lowest BCUT2D eigenvalue weighted by molar-refractivity contribution is -0.155. The molecule has 6 heteroatoms. The van der Waals surface area contributed by atoms with Crippen molar-refractivity contribution in [1.82, 2.24) is 5.32 Å². The number of carbonyl (C=O) groups excluding carboxylic acids is 1. The number of amides is 2. The van der Waals surface area contributed by atoms with Crippen LogP contribution in [0.4, 0.5) is 10.5 Å². The van der Waals surface area contributed by atoms with Crippen LogP contribution in [0.1, 0.15) is 6.92 Å². The molecule has 0 fully saturated rings. The van der Waals surface area contributed by atoms with Gasteiger partial charge in [-0.15, -0.1) is 0 Å². The Labute approximate surface area is 121 Å². The first-order chi connectivity index (χ1) is 9.90. The number of carbonyl (C=O) groups is 2. The fraction of sp³-hybridized carbons (Fsp3) is 0.200. The summed E-state index contributed by atoms with van der Waals surface area (Å²) in [6, 6.07) is 12.5. The molecule has 0 saturated heterocycles. The predicted octanol–water partition coefficient (Wildman–Crippen LogP) is 1.80. The second-order valence-corrected chi connectivity index (χ2v) is 4.91. The van der Waals surface area contributed by atoms with Crippen molar-refractivity contribution >= 4 is 28.5 Å². The smallest absolute Gasteiger partial charge is 0.337 e. The second kappa shape index (κ2) is 5.80. The molecule has 6 nitrogen and oxygen atoms in total. The molecule has 0 radical (unpaired) electrons. The number of benzene rings is 2. The van der Waals surface area contributed by atoms with Crippen molar-refractivity contribution < 1.29 is 19.8 Å². The summed E-state index contributed by atoms with van der Waals surface area (Å²) in [6.07, 6.45) is 0. The van der Waals surface area contributed by atoms with Gasteiger partial charge in [0.1, 0.15) is 0 Å². The number of carboxylic acid groups (broad SMARTS) is 1. The highest BCUT2D eigenvalue weighted by molar-refractivity contribution is 6.01. The molecule has 0 aliphatic rings. The van der Waals surface area contributed by atoms with Gasteiger partial charge in [-0.05, 0) is 18.4 Å². The van der Waals surface area contributed by atoms with Gasteiger partial charge in [0.15, 0.2) is 5.60 Å². The van der Waals surface area contributed by atoms with Crippen molar-refractivity contribution in [3.05, 3.63) is 42.5 Å². The lowest BCUT2D eigenvalue weighted by atomic mass is 10.1. The lowest BCUT2D eigenvalue weighted by Gasteiger charge is -2.18. The molecule has 21 heavy (non-hydrogen) atoms. The summed E-state index contributed by atoms with van der Waals surface area (Å²) < 4.78 is 0. The lowest BCUT2D eigenvalue weighted by Crippen LogP contribution is -2.47. The maximum absolute atomic E-state index is 11.8. The topological polar surface area (TPSA) is 98.7 Å². The van der Waals surface area contributed by atoms with Gasteiger partial charge >= 0.3 is 12.0 Å². The van der Waals surface area contributed by atoms with Crippen LogP contribution >= 0.6 is 0 Å². The number of carboxylic acids is 1. The van der Waals surface area contributed by atoms with E-state index >= 15 is 0 Å². The van der Waals surface area contributed by atoms with E-state index in [1.54, 1.807) is 6.07 Å². The fourth-order valence-electron chi connectivity index (χ4n) is 1.83. The van der Waals surface area contributed by atoms with Gasteiger partial charge in [-0.25, -0.2) is 9.59 Å². The second-order valence-electron chi connectivity index (χ2n) is 4.91. The van der Waals surface area contributed by atoms with E-state index < -0.39 is 17.6 Å². The minimum absolute atomic E-state index is 0.390. The van der Waals surface area contributed by atoms with Crippen LogP contribution in [-0.4, -0.2) is 34.4 Å². The average Bonchev–Trinajstić information content (AvgIpc) is 2.45. The minimum Gasteiger partial charge on any atom is -0.479 e. The van der Waals surface area contributed by atoms with Gasteiger partial charge in [0.25, 0.3) is 0 Å². The highest BCUT2D eigenvalue weighted by Gasteiger charge is 2.30. The number of fused-ring (bicyclic) bond motifs is 1. The van der Waals surface area contributed by atoms with E-state index in [2.05, 4.69) is 10.6 Å². The number of hydrogen-bond acceptors (Lipinski definition) is 3. The molecule has 110 valence electrons. The van der Waals surface area contributed by atoms with E-state index in [1.165, 1.54) is 0 Å². The maximum atomic E-state index is 11.8. The molecule has 0 spiro atoms. The third kappa shape index (κ3) is 3.49. The Balaban J connectivity index is 2.07. The van der Waals surface area contributed by atoms with Crippen molar-refractivity contribution in [3.63, 3.8) is 0 Å². The Morgan fingerprint density at radius 1 is 1.14 bits per heavy atom. The summed E-state index contributed by atoms with van der Waals surface area (Å²) in [6.45, 7) is 0.729. The standard InChI is InChI=1S/C15H16N2O4/c1-15(21,13(18)19)9-16-14(20)17-12-8-4-6-10-5-2-3-7-11(10)12/h2-8,21H,9H2,1H3,(H,18,19)(H2,16,17,20). The van der Waals surface area contributed by atoms with Crippen molar-refractivity contribution in [2.24, 2.45) is 0 Å². The summed E-state index contributed by atoms with van der Waals surface area (Å²) in [5.41, 5.74) is -1.39. The molecule has 0 aromatic heterocycles. The molecular formula is C15H16N2O4. The molecule has 0 aliphatic carbocycles. The quantitative estimate of drug-likeness (QED) is 0.689. The van der Waals surface area contributed by atoms with Gasteiger partial charge in [-0.2, -0.15) is 0 Å². The normalized spacial score (nSPS) is 13.4. The van der Waals surface area contributed by atoms with Crippen LogP contribution in [0.15, 0.2) is 42.5 Å². The number of hydrogen-bond donors (Lipinski definition) is 4. The molecule has 2 aromatic rings. The molecule has 0 aliphatic heterocycles. The molecule has 0 saturated carbocycles. The summed E-state index contributed by atoms with van der Waals surface area (Å²) in [5.74, 6) is -1.40. The van der Waals surface area contributed by atoms with Gasteiger partial charge in [-0.3, -0.25) is 0 Å². The number of nitrogens with one attached hydrogen (secondary N) is 2. The van der Waals surface area contributed by atoms with Crippen molar-refractivity contribution in [2.75, 3.05) is 11.9 Å². The summed E-state index contributed by atoms with van der Waals surface area (Å²) in [4.78, 5) is 22.5. The van der Waals surface area contributed by atoms with Gasteiger partial charge in [0.2, 0.25) is 0 Å². The zero-order valence-corrected chi connectivity index (χ0v) is 11.5. The van der Waals surface area contributed by atoms with Gasteiger partial charge in [-0.1, -0.05) is 36.4 Å². The minimum atomic E-state index is -2.00.